The van der Waals surface area contributed by atoms with Gasteiger partial charge >= 0.3 is 0 Å². The van der Waals surface area contributed by atoms with Crippen LogP contribution in [0.15, 0.2) is 18.2 Å². The zero-order valence-electron chi connectivity index (χ0n) is 19.5. The first kappa shape index (κ1) is 23.2. The summed E-state index contributed by atoms with van der Waals surface area (Å²) in [4.78, 5) is 34.6. The quantitative estimate of drug-likeness (QED) is 0.673. The van der Waals surface area contributed by atoms with Crippen LogP contribution >= 0.6 is 0 Å². The third-order valence-electron chi connectivity index (χ3n) is 7.83. The summed E-state index contributed by atoms with van der Waals surface area (Å²) in [5.41, 5.74) is 3.63. The second-order valence-corrected chi connectivity index (χ2v) is 9.98. The molecule has 7 heteroatoms. The van der Waals surface area contributed by atoms with Gasteiger partial charge in [-0.3, -0.25) is 14.4 Å². The minimum atomic E-state index is -0.666. The fraction of sp³-hybridized carbons (Fsp3) is 0.680. The van der Waals surface area contributed by atoms with Crippen LogP contribution in [0.5, 0.6) is 0 Å². The maximum atomic E-state index is 14.0. The summed E-state index contributed by atoms with van der Waals surface area (Å²) in [7, 11) is 1.36. The second kappa shape index (κ2) is 9.87. The van der Waals surface area contributed by atoms with Crippen LogP contribution in [0.3, 0.4) is 0 Å². The molecular formula is C25H36FN3O3. The number of piperidine rings is 1. The number of rotatable bonds is 6. The third kappa shape index (κ3) is 4.69. The molecule has 32 heavy (non-hydrogen) atoms. The van der Waals surface area contributed by atoms with Gasteiger partial charge in [0, 0.05) is 37.3 Å². The summed E-state index contributed by atoms with van der Waals surface area (Å²) in [6.07, 6.45) is 6.95. The van der Waals surface area contributed by atoms with E-state index in [4.69, 9.17) is 0 Å². The summed E-state index contributed by atoms with van der Waals surface area (Å²) >= 11 is 0. The zero-order chi connectivity index (χ0) is 22.8. The fourth-order valence-corrected chi connectivity index (χ4v) is 6.00. The van der Waals surface area contributed by atoms with Crippen molar-refractivity contribution in [2.24, 2.45) is 11.8 Å². The van der Waals surface area contributed by atoms with E-state index < -0.39 is 5.92 Å². The lowest BCUT2D eigenvalue weighted by Crippen LogP contribution is -2.50. The van der Waals surface area contributed by atoms with E-state index in [0.717, 1.165) is 43.5 Å². The smallest absolute Gasteiger partial charge is 0.244 e. The summed E-state index contributed by atoms with van der Waals surface area (Å²) < 4.78 is 14.0. The Morgan fingerprint density at radius 1 is 1.12 bits per heavy atom. The van der Waals surface area contributed by atoms with E-state index in [2.05, 4.69) is 29.1 Å². The molecular weight excluding hydrogens is 409 g/mol. The average Bonchev–Trinajstić information content (AvgIpc) is 3.05. The van der Waals surface area contributed by atoms with E-state index in [9.17, 15) is 14.0 Å². The van der Waals surface area contributed by atoms with Gasteiger partial charge in [0.25, 0.3) is 0 Å². The zero-order valence-corrected chi connectivity index (χ0v) is 19.5. The van der Waals surface area contributed by atoms with Gasteiger partial charge in [-0.05, 0) is 74.1 Å². The Morgan fingerprint density at radius 3 is 2.44 bits per heavy atom. The molecule has 3 aliphatic rings. The standard InChI is InChI=1S/C25H36FN3O3/c1-16(2)17-4-7-19(8-5-17)28-12-10-20(11-13-28)29-23-9-6-18(26)14-21(23)22(25(29)31)15-24(30)27-32-3/h6,9,14,16-17,19-20,22H,4-5,7-8,10-13,15H2,1-3H3,(H,27,30). The summed E-state index contributed by atoms with van der Waals surface area (Å²) in [5, 5.41) is 0. The van der Waals surface area contributed by atoms with Gasteiger partial charge in [0.05, 0.1) is 13.0 Å². The molecule has 1 aromatic rings. The van der Waals surface area contributed by atoms with E-state index in [1.54, 1.807) is 6.07 Å². The number of hydroxylamine groups is 1. The Bertz CT molecular complexity index is 830. The molecule has 0 aromatic heterocycles. The van der Waals surface area contributed by atoms with Crippen LogP contribution in [-0.4, -0.2) is 49.0 Å². The Morgan fingerprint density at radius 2 is 1.81 bits per heavy atom. The van der Waals surface area contributed by atoms with E-state index in [1.807, 2.05) is 4.90 Å². The molecule has 2 aliphatic heterocycles. The van der Waals surface area contributed by atoms with Crippen LogP contribution in [0.4, 0.5) is 10.1 Å². The first-order valence-corrected chi connectivity index (χ1v) is 12.1. The monoisotopic (exact) mass is 445 g/mol. The molecule has 0 bridgehead atoms. The number of halogens is 1. The number of fused-ring (bicyclic) bond motifs is 1. The number of carbonyl (C=O) groups is 2. The van der Waals surface area contributed by atoms with Crippen LogP contribution in [0.2, 0.25) is 0 Å². The predicted octanol–water partition coefficient (Wildman–Crippen LogP) is 4.00. The van der Waals surface area contributed by atoms with E-state index in [0.29, 0.717) is 11.6 Å². The first-order chi connectivity index (χ1) is 15.4. The number of anilines is 1. The fourth-order valence-electron chi connectivity index (χ4n) is 6.00. The van der Waals surface area contributed by atoms with Gasteiger partial charge in [-0.2, -0.15) is 0 Å². The normalized spacial score (nSPS) is 27.1. The molecule has 1 aromatic carbocycles. The molecule has 0 radical (unpaired) electrons. The van der Waals surface area contributed by atoms with Crippen molar-refractivity contribution < 1.29 is 18.8 Å². The highest BCUT2D eigenvalue weighted by Gasteiger charge is 2.43. The van der Waals surface area contributed by atoms with Crippen molar-refractivity contribution in [2.45, 2.75) is 76.8 Å². The van der Waals surface area contributed by atoms with Crippen molar-refractivity contribution in [3.63, 3.8) is 0 Å². The highest BCUT2D eigenvalue weighted by molar-refractivity contribution is 6.07. The maximum Gasteiger partial charge on any atom is 0.244 e. The van der Waals surface area contributed by atoms with Crippen molar-refractivity contribution in [1.82, 2.24) is 10.4 Å². The van der Waals surface area contributed by atoms with E-state index >= 15 is 0 Å². The molecule has 1 atom stereocenters. The summed E-state index contributed by atoms with van der Waals surface area (Å²) in [5.74, 6) is 0.0897. The minimum absolute atomic E-state index is 0.0441. The maximum absolute atomic E-state index is 14.0. The predicted molar refractivity (Wildman–Crippen MR) is 122 cm³/mol. The van der Waals surface area contributed by atoms with Crippen molar-refractivity contribution >= 4 is 17.5 Å². The number of nitrogens with zero attached hydrogens (tertiary/aromatic N) is 2. The molecule has 6 nitrogen and oxygen atoms in total. The van der Waals surface area contributed by atoms with Crippen molar-refractivity contribution in [3.8, 4) is 0 Å². The Balaban J connectivity index is 1.42. The van der Waals surface area contributed by atoms with Crippen LogP contribution in [0, 0.1) is 17.7 Å². The van der Waals surface area contributed by atoms with Gasteiger partial charge in [0.1, 0.15) is 5.82 Å². The van der Waals surface area contributed by atoms with Crippen molar-refractivity contribution in [2.75, 3.05) is 25.1 Å². The number of likely N-dealkylation sites (tertiary alicyclic amines) is 1. The molecule has 0 spiro atoms. The number of carbonyl (C=O) groups excluding carboxylic acids is 2. The van der Waals surface area contributed by atoms with Crippen LogP contribution in [0.1, 0.15) is 70.3 Å². The molecule has 2 amide bonds. The second-order valence-electron chi connectivity index (χ2n) is 9.98. The number of hydrogen-bond acceptors (Lipinski definition) is 4. The van der Waals surface area contributed by atoms with Crippen LogP contribution in [0.25, 0.3) is 0 Å². The molecule has 2 fully saturated rings. The van der Waals surface area contributed by atoms with Gasteiger partial charge in [-0.1, -0.05) is 13.8 Å². The molecule has 1 saturated heterocycles. The highest BCUT2D eigenvalue weighted by Crippen LogP contribution is 2.43. The molecule has 176 valence electrons. The number of amides is 2. The van der Waals surface area contributed by atoms with Gasteiger partial charge in [-0.25, -0.2) is 9.87 Å². The average molecular weight is 446 g/mol. The van der Waals surface area contributed by atoms with E-state index in [-0.39, 0.29) is 30.1 Å². The van der Waals surface area contributed by atoms with Gasteiger partial charge < -0.3 is 9.80 Å². The molecule has 4 rings (SSSR count). The Hall–Kier alpha value is -1.99. The molecule has 2 heterocycles. The van der Waals surface area contributed by atoms with Gasteiger partial charge in [-0.15, -0.1) is 0 Å². The first-order valence-electron chi connectivity index (χ1n) is 12.1. The molecule has 1 saturated carbocycles. The van der Waals surface area contributed by atoms with Crippen molar-refractivity contribution in [1.29, 1.82) is 0 Å². The third-order valence-corrected chi connectivity index (χ3v) is 7.83. The topological polar surface area (TPSA) is 61.9 Å². The largest absolute Gasteiger partial charge is 0.308 e. The summed E-state index contributed by atoms with van der Waals surface area (Å²) in [6.45, 7) is 6.63. The lowest BCUT2D eigenvalue weighted by Gasteiger charge is -2.43. The number of nitrogens with one attached hydrogen (secondary N) is 1. The lowest BCUT2D eigenvalue weighted by molar-refractivity contribution is -0.133. The van der Waals surface area contributed by atoms with Gasteiger partial charge in [0.2, 0.25) is 11.8 Å². The van der Waals surface area contributed by atoms with Gasteiger partial charge in [0.15, 0.2) is 0 Å². The van der Waals surface area contributed by atoms with E-state index in [1.165, 1.54) is 44.9 Å². The van der Waals surface area contributed by atoms with Crippen LogP contribution < -0.4 is 10.4 Å². The Kier molecular flexibility index (Phi) is 7.15. The number of hydrogen-bond donors (Lipinski definition) is 1. The molecule has 1 aliphatic carbocycles. The minimum Gasteiger partial charge on any atom is -0.308 e. The number of benzene rings is 1. The lowest BCUT2D eigenvalue weighted by atomic mass is 9.79. The molecule has 1 unspecified atom stereocenters. The van der Waals surface area contributed by atoms with Crippen LogP contribution in [-0.2, 0) is 14.4 Å². The van der Waals surface area contributed by atoms with Crippen molar-refractivity contribution in [3.05, 3.63) is 29.6 Å². The summed E-state index contributed by atoms with van der Waals surface area (Å²) in [6, 6.07) is 5.24. The molecule has 1 N–H and O–H groups in total. The Labute approximate surface area is 190 Å². The highest BCUT2D eigenvalue weighted by atomic mass is 19.1. The SMILES string of the molecule is CONC(=O)CC1C(=O)N(C2CCN(C3CCC(C(C)C)CC3)CC2)c2ccc(F)cc21.